The standard InChI is InChI=1S/C22H18F3N3O3/c1-28(22(30)17-5-10-4-11(23)2-3-16(10)26-17)19-9-31-8-18-20(19)12-6-14(24)15(25)7-13(12)21(29)27-18/h2-4,6-7,17,19,26H,5,8-9H2,1H3,(H,27,29)/t17-,19-/m1/s1. The predicted molar refractivity (Wildman–Crippen MR) is 107 cm³/mol. The number of aromatic amines is 1. The topological polar surface area (TPSA) is 74.4 Å². The second-order valence-electron chi connectivity index (χ2n) is 7.84. The molecule has 0 saturated heterocycles. The van der Waals surface area contributed by atoms with E-state index < -0.39 is 29.3 Å². The van der Waals surface area contributed by atoms with Gasteiger partial charge in [0.2, 0.25) is 5.91 Å². The lowest BCUT2D eigenvalue weighted by Gasteiger charge is -2.35. The van der Waals surface area contributed by atoms with Gasteiger partial charge in [0.25, 0.3) is 5.56 Å². The smallest absolute Gasteiger partial charge is 0.256 e. The van der Waals surface area contributed by atoms with E-state index in [1.165, 1.54) is 17.0 Å². The molecule has 0 aliphatic carbocycles. The molecule has 3 aromatic rings. The van der Waals surface area contributed by atoms with Crippen LogP contribution in [0.1, 0.15) is 22.9 Å². The highest BCUT2D eigenvalue weighted by Gasteiger charge is 2.36. The van der Waals surface area contributed by atoms with E-state index in [1.807, 2.05) is 0 Å². The average Bonchev–Trinajstić information content (AvgIpc) is 3.17. The van der Waals surface area contributed by atoms with Crippen LogP contribution in [0.5, 0.6) is 0 Å². The van der Waals surface area contributed by atoms with Crippen molar-refractivity contribution in [2.24, 2.45) is 0 Å². The molecule has 0 unspecified atom stereocenters. The van der Waals surface area contributed by atoms with Crippen LogP contribution >= 0.6 is 0 Å². The number of halogens is 3. The minimum Gasteiger partial charge on any atom is -0.373 e. The van der Waals surface area contributed by atoms with Crippen molar-refractivity contribution in [3.05, 3.63) is 75.0 Å². The van der Waals surface area contributed by atoms with E-state index in [9.17, 15) is 22.8 Å². The summed E-state index contributed by atoms with van der Waals surface area (Å²) in [6.45, 7) is 0.216. The molecule has 1 amide bonds. The lowest BCUT2D eigenvalue weighted by molar-refractivity contribution is -0.134. The van der Waals surface area contributed by atoms with Gasteiger partial charge in [0.15, 0.2) is 11.6 Å². The summed E-state index contributed by atoms with van der Waals surface area (Å²) in [5.41, 5.74) is 1.79. The van der Waals surface area contributed by atoms with E-state index >= 15 is 0 Å². The second-order valence-corrected chi connectivity index (χ2v) is 7.84. The molecule has 3 heterocycles. The monoisotopic (exact) mass is 429 g/mol. The Balaban J connectivity index is 1.53. The normalized spacial score (nSPS) is 19.6. The summed E-state index contributed by atoms with van der Waals surface area (Å²) in [4.78, 5) is 29.7. The molecule has 5 rings (SSSR count). The third-order valence-electron chi connectivity index (χ3n) is 5.97. The van der Waals surface area contributed by atoms with Crippen molar-refractivity contribution in [2.75, 3.05) is 19.0 Å². The predicted octanol–water partition coefficient (Wildman–Crippen LogP) is 3.01. The van der Waals surface area contributed by atoms with Crippen LogP contribution in [-0.4, -0.2) is 35.5 Å². The molecule has 0 bridgehead atoms. The lowest BCUT2D eigenvalue weighted by atomic mass is 9.95. The molecule has 1 aromatic heterocycles. The molecule has 2 aliphatic rings. The number of carbonyl (C=O) groups excluding carboxylic acids is 1. The molecule has 0 spiro atoms. The van der Waals surface area contributed by atoms with Gasteiger partial charge in [-0.05, 0) is 41.3 Å². The molecule has 2 atom stereocenters. The zero-order valence-electron chi connectivity index (χ0n) is 16.5. The van der Waals surface area contributed by atoms with Crippen LogP contribution < -0.4 is 10.9 Å². The molecule has 0 saturated carbocycles. The number of pyridine rings is 1. The zero-order valence-corrected chi connectivity index (χ0v) is 16.5. The van der Waals surface area contributed by atoms with Gasteiger partial charge in [0.05, 0.1) is 24.6 Å². The fourth-order valence-corrected chi connectivity index (χ4v) is 4.43. The fraction of sp³-hybridized carbons (Fsp3) is 0.273. The van der Waals surface area contributed by atoms with Crippen LogP contribution in [0.25, 0.3) is 10.8 Å². The first-order chi connectivity index (χ1) is 14.8. The molecule has 2 N–H and O–H groups in total. The largest absolute Gasteiger partial charge is 0.373 e. The third kappa shape index (κ3) is 3.16. The first-order valence-corrected chi connectivity index (χ1v) is 9.76. The number of nitrogens with one attached hydrogen (secondary N) is 2. The maximum atomic E-state index is 14.0. The Bertz CT molecular complexity index is 1290. The van der Waals surface area contributed by atoms with E-state index in [0.29, 0.717) is 28.9 Å². The summed E-state index contributed by atoms with van der Waals surface area (Å²) in [7, 11) is 1.59. The van der Waals surface area contributed by atoms with Gasteiger partial charge in [-0.15, -0.1) is 0 Å². The number of rotatable bonds is 2. The summed E-state index contributed by atoms with van der Waals surface area (Å²) in [5, 5.41) is 3.35. The van der Waals surface area contributed by atoms with Gasteiger partial charge in [-0.25, -0.2) is 13.2 Å². The Kier molecular flexibility index (Phi) is 4.51. The van der Waals surface area contributed by atoms with Crippen molar-refractivity contribution in [3.63, 3.8) is 0 Å². The molecule has 31 heavy (non-hydrogen) atoms. The maximum absolute atomic E-state index is 14.0. The van der Waals surface area contributed by atoms with Crippen molar-refractivity contribution < 1.29 is 22.7 Å². The summed E-state index contributed by atoms with van der Waals surface area (Å²) in [6.07, 6.45) is 0.322. The third-order valence-corrected chi connectivity index (χ3v) is 5.97. The number of ether oxygens (including phenoxy) is 1. The fourth-order valence-electron chi connectivity index (χ4n) is 4.43. The highest BCUT2D eigenvalue weighted by molar-refractivity contribution is 5.90. The van der Waals surface area contributed by atoms with E-state index in [4.69, 9.17) is 4.74 Å². The van der Waals surface area contributed by atoms with Gasteiger partial charge in [-0.2, -0.15) is 0 Å². The van der Waals surface area contributed by atoms with Crippen LogP contribution in [0.4, 0.5) is 18.9 Å². The molecule has 9 heteroatoms. The first kappa shape index (κ1) is 19.6. The molecule has 6 nitrogen and oxygen atoms in total. The van der Waals surface area contributed by atoms with Gasteiger partial charge in [-0.1, -0.05) is 0 Å². The Hall–Kier alpha value is -3.33. The summed E-state index contributed by atoms with van der Waals surface area (Å²) >= 11 is 0. The number of carbonyl (C=O) groups is 1. The number of H-pyrrole nitrogens is 1. The Morgan fingerprint density at radius 1 is 1.13 bits per heavy atom. The number of benzene rings is 2. The number of nitrogens with zero attached hydrogens (tertiary/aromatic N) is 1. The Labute approximate surface area is 174 Å². The second kappa shape index (κ2) is 7.12. The maximum Gasteiger partial charge on any atom is 0.256 e. The number of amides is 1. The molecule has 0 fully saturated rings. The van der Waals surface area contributed by atoms with Crippen LogP contribution in [0.15, 0.2) is 35.1 Å². The number of aromatic nitrogens is 1. The van der Waals surface area contributed by atoms with Crippen molar-refractivity contribution >= 4 is 22.4 Å². The first-order valence-electron chi connectivity index (χ1n) is 9.76. The Morgan fingerprint density at radius 2 is 1.87 bits per heavy atom. The van der Waals surface area contributed by atoms with Gasteiger partial charge in [0, 0.05) is 30.4 Å². The van der Waals surface area contributed by atoms with Gasteiger partial charge < -0.3 is 19.9 Å². The van der Waals surface area contributed by atoms with Crippen LogP contribution in [0, 0.1) is 17.5 Å². The molecular formula is C22H18F3N3O3. The van der Waals surface area contributed by atoms with Crippen molar-refractivity contribution in [1.82, 2.24) is 9.88 Å². The van der Waals surface area contributed by atoms with Crippen LogP contribution in [-0.2, 0) is 22.6 Å². The molecule has 2 aliphatic heterocycles. The number of hydrogen-bond donors (Lipinski definition) is 2. The Morgan fingerprint density at radius 3 is 2.65 bits per heavy atom. The van der Waals surface area contributed by atoms with Crippen LogP contribution in [0.2, 0.25) is 0 Å². The molecule has 0 radical (unpaired) electrons. The highest BCUT2D eigenvalue weighted by Crippen LogP contribution is 2.35. The quantitative estimate of drug-likeness (QED) is 0.657. The molecule has 2 aromatic carbocycles. The minimum atomic E-state index is -1.12. The van der Waals surface area contributed by atoms with E-state index in [-0.39, 0.29) is 35.7 Å². The summed E-state index contributed by atoms with van der Waals surface area (Å²) < 4.78 is 46.9. The summed E-state index contributed by atoms with van der Waals surface area (Å²) in [5.74, 6) is -2.83. The SMILES string of the molecule is CN(C(=O)[C@H]1Cc2cc(F)ccc2N1)[C@@H]1COCc2[nH]c(=O)c3cc(F)c(F)cc3c21. The number of hydrogen-bond acceptors (Lipinski definition) is 4. The molecule has 160 valence electrons. The molecular weight excluding hydrogens is 411 g/mol. The highest BCUT2D eigenvalue weighted by atomic mass is 19.2. The zero-order chi connectivity index (χ0) is 21.9. The van der Waals surface area contributed by atoms with Gasteiger partial charge in [0.1, 0.15) is 11.9 Å². The minimum absolute atomic E-state index is 0.00673. The van der Waals surface area contributed by atoms with Gasteiger partial charge >= 0.3 is 0 Å². The summed E-state index contributed by atoms with van der Waals surface area (Å²) in [6, 6.07) is 4.93. The van der Waals surface area contributed by atoms with E-state index in [2.05, 4.69) is 10.3 Å². The number of anilines is 1. The van der Waals surface area contributed by atoms with Crippen molar-refractivity contribution in [3.8, 4) is 0 Å². The number of fused-ring (bicyclic) bond motifs is 4. The lowest BCUT2D eigenvalue weighted by Crippen LogP contribution is -2.44. The average molecular weight is 429 g/mol. The van der Waals surface area contributed by atoms with E-state index in [0.717, 1.165) is 12.1 Å². The van der Waals surface area contributed by atoms with E-state index in [1.54, 1.807) is 13.1 Å². The van der Waals surface area contributed by atoms with Gasteiger partial charge in [-0.3, -0.25) is 9.59 Å². The van der Waals surface area contributed by atoms with Crippen LogP contribution in [0.3, 0.4) is 0 Å². The number of likely N-dealkylation sites (N-methyl/N-ethyl adjacent to an activating group) is 1. The van der Waals surface area contributed by atoms with Crippen molar-refractivity contribution in [1.29, 1.82) is 0 Å². The van der Waals surface area contributed by atoms with Crippen molar-refractivity contribution in [2.45, 2.75) is 25.1 Å².